The van der Waals surface area contributed by atoms with Crippen LogP contribution in [0.4, 0.5) is 0 Å². The van der Waals surface area contributed by atoms with Gasteiger partial charge in [-0.1, -0.05) is 26.2 Å². The van der Waals surface area contributed by atoms with Crippen LogP contribution >= 0.6 is 0 Å². The van der Waals surface area contributed by atoms with Gasteiger partial charge in [-0.15, -0.1) is 0 Å². The highest BCUT2D eigenvalue weighted by Crippen LogP contribution is 2.04. The average Bonchev–Trinajstić information content (AvgIpc) is 1.85. The highest BCUT2D eigenvalue weighted by Gasteiger charge is 2.04. The maximum absolute atomic E-state index is 3.83. The lowest BCUT2D eigenvalue weighted by Crippen LogP contribution is -2.35. The minimum absolute atomic E-state index is 1.10. The first-order chi connectivity index (χ1) is 5.06. The van der Waals surface area contributed by atoms with Gasteiger partial charge >= 0.3 is 0 Å². The van der Waals surface area contributed by atoms with Gasteiger partial charge < -0.3 is 4.48 Å². The van der Waals surface area contributed by atoms with Crippen molar-refractivity contribution < 1.29 is 4.48 Å². The van der Waals surface area contributed by atoms with Crippen LogP contribution in [0.3, 0.4) is 0 Å². The molecule has 1 heteroatoms. The third-order valence-corrected chi connectivity index (χ3v) is 1.83. The number of hydrogen-bond acceptors (Lipinski definition) is 0. The minimum atomic E-state index is 1.10. The topological polar surface area (TPSA) is 0 Å². The van der Waals surface area contributed by atoms with Gasteiger partial charge in [0.25, 0.3) is 0 Å². The van der Waals surface area contributed by atoms with Gasteiger partial charge in [0.1, 0.15) is 0 Å². The van der Waals surface area contributed by atoms with E-state index >= 15 is 0 Å². The van der Waals surface area contributed by atoms with E-state index in [1.165, 1.54) is 32.2 Å². The van der Waals surface area contributed by atoms with Crippen LogP contribution in [0.15, 0.2) is 0 Å². The zero-order valence-corrected chi connectivity index (χ0v) is 8.40. The summed E-state index contributed by atoms with van der Waals surface area (Å²) in [6, 6.07) is 0. The molecule has 0 aliphatic rings. The molecule has 0 aliphatic heterocycles. The van der Waals surface area contributed by atoms with Gasteiger partial charge in [0.2, 0.25) is 0 Å². The van der Waals surface area contributed by atoms with Crippen LogP contribution in [-0.2, 0) is 0 Å². The predicted molar refractivity (Wildman–Crippen MR) is 51.3 cm³/mol. The lowest BCUT2D eigenvalue weighted by atomic mass is 10.1. The van der Waals surface area contributed by atoms with Gasteiger partial charge in [-0.3, -0.25) is 0 Å². The first-order valence-electron chi connectivity index (χ1n) is 4.66. The van der Waals surface area contributed by atoms with Crippen molar-refractivity contribution >= 4 is 0 Å². The van der Waals surface area contributed by atoms with E-state index in [-0.39, 0.29) is 0 Å². The third-order valence-electron chi connectivity index (χ3n) is 1.83. The summed E-state index contributed by atoms with van der Waals surface area (Å²) in [7, 11) is 6.75. The quantitative estimate of drug-likeness (QED) is 0.410. The van der Waals surface area contributed by atoms with Crippen molar-refractivity contribution in [2.24, 2.45) is 0 Å². The van der Waals surface area contributed by atoms with Gasteiger partial charge in [-0.05, 0) is 12.8 Å². The maximum atomic E-state index is 3.83. The molecule has 0 unspecified atom stereocenters. The molecule has 0 spiro atoms. The summed E-state index contributed by atoms with van der Waals surface area (Å²) in [4.78, 5) is 0. The molecular weight excluding hydrogens is 134 g/mol. The molecule has 0 N–H and O–H groups in total. The van der Waals surface area contributed by atoms with Crippen LogP contribution in [-0.4, -0.2) is 32.2 Å². The Bertz CT molecular complexity index is 81.4. The highest BCUT2D eigenvalue weighted by molar-refractivity contribution is 4.44. The number of quaternary nitrogens is 1. The van der Waals surface area contributed by atoms with Gasteiger partial charge in [-0.25, -0.2) is 0 Å². The third kappa shape index (κ3) is 9.96. The summed E-state index contributed by atoms with van der Waals surface area (Å²) in [6.45, 7) is 5.13. The van der Waals surface area contributed by atoms with E-state index in [1.807, 2.05) is 0 Å². The average molecular weight is 157 g/mol. The monoisotopic (exact) mass is 157 g/mol. The van der Waals surface area contributed by atoms with E-state index in [4.69, 9.17) is 0 Å². The Kier molecular flexibility index (Phi) is 5.57. The Morgan fingerprint density at radius 1 is 0.909 bits per heavy atom. The summed E-state index contributed by atoms with van der Waals surface area (Å²) in [5, 5.41) is 0. The molecule has 11 heavy (non-hydrogen) atoms. The summed E-state index contributed by atoms with van der Waals surface area (Å²) >= 11 is 0. The fourth-order valence-electron chi connectivity index (χ4n) is 1.12. The Morgan fingerprint density at radius 3 is 1.91 bits per heavy atom. The van der Waals surface area contributed by atoms with Crippen molar-refractivity contribution in [3.05, 3.63) is 6.92 Å². The maximum Gasteiger partial charge on any atom is 0.0780 e. The smallest absolute Gasteiger partial charge is 0.0780 e. The van der Waals surface area contributed by atoms with Crippen LogP contribution in [0, 0.1) is 6.92 Å². The van der Waals surface area contributed by atoms with Crippen LogP contribution in [0.25, 0.3) is 0 Å². The SMILES string of the molecule is [CH2]CCCCCC[N+](C)(C)C. The van der Waals surface area contributed by atoms with E-state index in [1.54, 1.807) is 0 Å². The fraction of sp³-hybridized carbons (Fsp3) is 0.900. The summed E-state index contributed by atoms with van der Waals surface area (Å²) in [6.07, 6.45) is 6.51. The van der Waals surface area contributed by atoms with Crippen molar-refractivity contribution in [1.82, 2.24) is 0 Å². The number of unbranched alkanes of at least 4 members (excludes halogenated alkanes) is 4. The molecule has 1 nitrogen and oxygen atoms in total. The second-order valence-corrected chi connectivity index (χ2v) is 4.28. The summed E-state index contributed by atoms with van der Waals surface area (Å²) < 4.78 is 1.10. The lowest BCUT2D eigenvalue weighted by Gasteiger charge is -2.23. The van der Waals surface area contributed by atoms with Crippen LogP contribution in [0.5, 0.6) is 0 Å². The highest BCUT2D eigenvalue weighted by atomic mass is 15.3. The van der Waals surface area contributed by atoms with Crippen molar-refractivity contribution in [3.8, 4) is 0 Å². The number of nitrogens with zero attached hydrogens (tertiary/aromatic N) is 1. The molecule has 0 rings (SSSR count). The van der Waals surface area contributed by atoms with Crippen LogP contribution < -0.4 is 0 Å². The molecule has 0 aromatic carbocycles. The molecule has 0 heterocycles. The van der Waals surface area contributed by atoms with Gasteiger partial charge in [-0.2, -0.15) is 0 Å². The number of rotatable bonds is 6. The van der Waals surface area contributed by atoms with Gasteiger partial charge in [0.15, 0.2) is 0 Å². The Morgan fingerprint density at radius 2 is 1.45 bits per heavy atom. The van der Waals surface area contributed by atoms with E-state index in [2.05, 4.69) is 28.1 Å². The second-order valence-electron chi connectivity index (χ2n) is 4.28. The zero-order chi connectivity index (χ0) is 8.74. The molecule has 0 saturated heterocycles. The van der Waals surface area contributed by atoms with E-state index in [0.29, 0.717) is 0 Å². The molecule has 0 aromatic rings. The fourth-order valence-corrected chi connectivity index (χ4v) is 1.12. The van der Waals surface area contributed by atoms with E-state index in [9.17, 15) is 0 Å². The minimum Gasteiger partial charge on any atom is -0.331 e. The lowest BCUT2D eigenvalue weighted by molar-refractivity contribution is -0.870. The van der Waals surface area contributed by atoms with Crippen molar-refractivity contribution in [3.63, 3.8) is 0 Å². The molecule has 1 radical (unpaired) electrons. The first kappa shape index (κ1) is 11.0. The Balaban J connectivity index is 3.02. The number of hydrogen-bond donors (Lipinski definition) is 0. The van der Waals surface area contributed by atoms with Gasteiger partial charge in [0, 0.05) is 0 Å². The summed E-state index contributed by atoms with van der Waals surface area (Å²) in [5.74, 6) is 0. The second kappa shape index (κ2) is 5.59. The van der Waals surface area contributed by atoms with E-state index < -0.39 is 0 Å². The predicted octanol–water partition coefficient (Wildman–Crippen LogP) is 2.48. The molecule has 67 valence electrons. The molecule has 0 fully saturated rings. The molecule has 0 amide bonds. The molecule has 0 saturated carbocycles. The molecule has 0 atom stereocenters. The zero-order valence-electron chi connectivity index (χ0n) is 8.40. The first-order valence-corrected chi connectivity index (χ1v) is 4.66. The standard InChI is InChI=1S/C10H23N/c1-5-6-7-8-9-10-11(2,3)4/h1,5-10H2,2-4H3/q+1. The molecule has 0 aromatic heterocycles. The van der Waals surface area contributed by atoms with Crippen molar-refractivity contribution in [2.45, 2.75) is 32.1 Å². The normalized spacial score (nSPS) is 12.0. The molecule has 0 aliphatic carbocycles. The van der Waals surface area contributed by atoms with E-state index in [0.717, 1.165) is 10.9 Å². The molecule has 0 bridgehead atoms. The Hall–Kier alpha value is -0.0400. The summed E-state index contributed by atoms with van der Waals surface area (Å²) in [5.41, 5.74) is 0. The van der Waals surface area contributed by atoms with Gasteiger partial charge in [0.05, 0.1) is 27.7 Å². The Labute approximate surface area is 72.0 Å². The van der Waals surface area contributed by atoms with Crippen molar-refractivity contribution in [1.29, 1.82) is 0 Å². The van der Waals surface area contributed by atoms with Crippen LogP contribution in [0.1, 0.15) is 32.1 Å². The van der Waals surface area contributed by atoms with Crippen molar-refractivity contribution in [2.75, 3.05) is 27.7 Å². The largest absolute Gasteiger partial charge is 0.331 e. The van der Waals surface area contributed by atoms with Crippen LogP contribution in [0.2, 0.25) is 0 Å². The molecular formula is C10H23N+.